The maximum absolute atomic E-state index is 12.7. The van der Waals surface area contributed by atoms with Crippen LogP contribution in [0.2, 0.25) is 0 Å². The lowest BCUT2D eigenvalue weighted by Gasteiger charge is -2.14. The van der Waals surface area contributed by atoms with E-state index in [-0.39, 0.29) is 24.6 Å². The van der Waals surface area contributed by atoms with Crippen LogP contribution in [0.15, 0.2) is 54.6 Å². The van der Waals surface area contributed by atoms with Gasteiger partial charge >= 0.3 is 12.1 Å². The molecule has 0 unspecified atom stereocenters. The van der Waals surface area contributed by atoms with Crippen LogP contribution in [0.25, 0.3) is 0 Å². The lowest BCUT2D eigenvalue weighted by Crippen LogP contribution is -2.31. The van der Waals surface area contributed by atoms with E-state index in [2.05, 4.69) is 10.6 Å². The van der Waals surface area contributed by atoms with Crippen LogP contribution < -0.4 is 10.6 Å². The molecule has 0 heterocycles. The molecule has 0 aliphatic heterocycles. The fourth-order valence-corrected chi connectivity index (χ4v) is 2.54. The van der Waals surface area contributed by atoms with Gasteiger partial charge in [0, 0.05) is 12.1 Å². The third kappa shape index (κ3) is 7.57. The maximum Gasteiger partial charge on any atom is 0.416 e. The fraction of sp³-hybridized carbons (Fsp3) is 0.286. The highest BCUT2D eigenvalue weighted by molar-refractivity contribution is 5.92. The minimum absolute atomic E-state index is 0.0301. The zero-order chi connectivity index (χ0) is 22.1. The average molecular weight is 422 g/mol. The molecule has 0 spiro atoms. The van der Waals surface area contributed by atoms with E-state index in [1.165, 1.54) is 12.1 Å². The molecule has 1 atom stereocenters. The number of anilines is 1. The molecule has 2 aromatic rings. The molecule has 6 nitrogen and oxygen atoms in total. The van der Waals surface area contributed by atoms with Crippen LogP contribution in [0.3, 0.4) is 0 Å². The SMILES string of the molecule is C[C@@H](NC(=O)COC(=O)CCC(=O)Nc1cccc(C(F)(F)F)c1)c1ccccc1. The molecular formula is C21H21F3N2O4. The van der Waals surface area contributed by atoms with Crippen LogP contribution in [0, 0.1) is 0 Å². The lowest BCUT2D eigenvalue weighted by molar-refractivity contribution is -0.149. The first-order chi connectivity index (χ1) is 14.1. The highest BCUT2D eigenvalue weighted by Gasteiger charge is 2.30. The highest BCUT2D eigenvalue weighted by Crippen LogP contribution is 2.30. The van der Waals surface area contributed by atoms with Crippen molar-refractivity contribution in [3.63, 3.8) is 0 Å². The molecule has 2 aromatic carbocycles. The second-order valence-electron chi connectivity index (χ2n) is 6.49. The number of carbonyl (C=O) groups excluding carboxylic acids is 3. The van der Waals surface area contributed by atoms with E-state index in [4.69, 9.17) is 4.74 Å². The molecule has 0 radical (unpaired) electrons. The van der Waals surface area contributed by atoms with Gasteiger partial charge in [0.15, 0.2) is 6.61 Å². The van der Waals surface area contributed by atoms with Crippen molar-refractivity contribution in [1.29, 1.82) is 0 Å². The molecule has 0 saturated heterocycles. The second kappa shape index (κ2) is 10.4. The van der Waals surface area contributed by atoms with Crippen LogP contribution in [0.5, 0.6) is 0 Å². The Kier molecular flexibility index (Phi) is 7.97. The van der Waals surface area contributed by atoms with Crippen molar-refractivity contribution in [2.24, 2.45) is 0 Å². The number of benzene rings is 2. The summed E-state index contributed by atoms with van der Waals surface area (Å²) in [5, 5.41) is 4.97. The van der Waals surface area contributed by atoms with E-state index in [9.17, 15) is 27.6 Å². The van der Waals surface area contributed by atoms with Crippen molar-refractivity contribution in [2.75, 3.05) is 11.9 Å². The number of carbonyl (C=O) groups is 3. The summed E-state index contributed by atoms with van der Waals surface area (Å²) in [4.78, 5) is 35.4. The molecule has 0 saturated carbocycles. The van der Waals surface area contributed by atoms with Gasteiger partial charge in [0.1, 0.15) is 0 Å². The Bertz CT molecular complexity index is 885. The van der Waals surface area contributed by atoms with Crippen LogP contribution in [0.4, 0.5) is 18.9 Å². The number of hydrogen-bond donors (Lipinski definition) is 2. The average Bonchev–Trinajstić information content (AvgIpc) is 2.71. The van der Waals surface area contributed by atoms with Gasteiger partial charge < -0.3 is 15.4 Å². The van der Waals surface area contributed by atoms with Gasteiger partial charge in [0.05, 0.1) is 18.0 Å². The van der Waals surface area contributed by atoms with Gasteiger partial charge in [-0.15, -0.1) is 0 Å². The highest BCUT2D eigenvalue weighted by atomic mass is 19.4. The molecule has 0 aliphatic carbocycles. The third-order valence-electron chi connectivity index (χ3n) is 4.07. The Balaban J connectivity index is 1.71. The quantitative estimate of drug-likeness (QED) is 0.633. The fourth-order valence-electron chi connectivity index (χ4n) is 2.54. The molecule has 0 fully saturated rings. The standard InChI is InChI=1S/C21H21F3N2O4/c1-14(15-6-3-2-4-7-15)25-19(28)13-30-20(29)11-10-18(27)26-17-9-5-8-16(12-17)21(22,23)24/h2-9,12,14H,10-11,13H2,1H3,(H,25,28)(H,26,27)/t14-/m1/s1. The summed E-state index contributed by atoms with van der Waals surface area (Å²) in [6.07, 6.45) is -5.13. The Morgan fingerprint density at radius 3 is 2.33 bits per heavy atom. The predicted octanol–water partition coefficient (Wildman–Crippen LogP) is 3.84. The summed E-state index contributed by atoms with van der Waals surface area (Å²) < 4.78 is 42.9. The van der Waals surface area contributed by atoms with Crippen molar-refractivity contribution < 1.29 is 32.3 Å². The van der Waals surface area contributed by atoms with E-state index in [0.717, 1.165) is 17.7 Å². The van der Waals surface area contributed by atoms with Crippen LogP contribution in [0.1, 0.15) is 36.9 Å². The zero-order valence-corrected chi connectivity index (χ0v) is 16.2. The molecule has 30 heavy (non-hydrogen) atoms. The predicted molar refractivity (Wildman–Crippen MR) is 103 cm³/mol. The summed E-state index contributed by atoms with van der Waals surface area (Å²) in [5.74, 6) is -1.90. The molecule has 2 amide bonds. The summed E-state index contributed by atoms with van der Waals surface area (Å²) >= 11 is 0. The van der Waals surface area contributed by atoms with Crippen molar-refractivity contribution in [1.82, 2.24) is 5.32 Å². The Hall–Kier alpha value is -3.36. The van der Waals surface area contributed by atoms with Gasteiger partial charge in [-0.25, -0.2) is 0 Å². The van der Waals surface area contributed by atoms with Gasteiger partial charge in [0.25, 0.3) is 5.91 Å². The number of hydrogen-bond acceptors (Lipinski definition) is 4. The molecule has 0 bridgehead atoms. The van der Waals surface area contributed by atoms with Crippen LogP contribution >= 0.6 is 0 Å². The number of rotatable bonds is 8. The largest absolute Gasteiger partial charge is 0.456 e. The second-order valence-corrected chi connectivity index (χ2v) is 6.49. The molecule has 9 heteroatoms. The smallest absolute Gasteiger partial charge is 0.416 e. The summed E-state index contributed by atoms with van der Waals surface area (Å²) in [6, 6.07) is 13.1. The molecule has 160 valence electrons. The van der Waals surface area contributed by atoms with Gasteiger partial charge in [-0.1, -0.05) is 36.4 Å². The zero-order valence-electron chi connectivity index (χ0n) is 16.2. The maximum atomic E-state index is 12.7. The van der Waals surface area contributed by atoms with Crippen molar-refractivity contribution in [3.8, 4) is 0 Å². The number of amides is 2. The van der Waals surface area contributed by atoms with Gasteiger partial charge in [-0.05, 0) is 30.7 Å². The molecule has 0 aliphatic rings. The first kappa shape index (κ1) is 22.9. The number of halogens is 3. The van der Waals surface area contributed by atoms with Crippen LogP contribution in [-0.4, -0.2) is 24.4 Å². The Labute approximate surface area is 171 Å². The molecule has 0 aromatic heterocycles. The Morgan fingerprint density at radius 2 is 1.67 bits per heavy atom. The summed E-state index contributed by atoms with van der Waals surface area (Å²) in [7, 11) is 0. The Morgan fingerprint density at radius 1 is 0.967 bits per heavy atom. The number of alkyl halides is 3. The summed E-state index contributed by atoms with van der Waals surface area (Å²) in [6.45, 7) is 1.29. The van der Waals surface area contributed by atoms with E-state index < -0.39 is 36.1 Å². The lowest BCUT2D eigenvalue weighted by atomic mass is 10.1. The molecule has 2 N–H and O–H groups in total. The normalized spacial score (nSPS) is 12.0. The minimum Gasteiger partial charge on any atom is -0.456 e. The number of nitrogens with one attached hydrogen (secondary N) is 2. The van der Waals surface area contributed by atoms with Crippen molar-refractivity contribution >= 4 is 23.5 Å². The monoisotopic (exact) mass is 422 g/mol. The van der Waals surface area contributed by atoms with E-state index >= 15 is 0 Å². The van der Waals surface area contributed by atoms with Gasteiger partial charge in [0.2, 0.25) is 5.91 Å². The topological polar surface area (TPSA) is 84.5 Å². The third-order valence-corrected chi connectivity index (χ3v) is 4.07. The van der Waals surface area contributed by atoms with E-state index in [1.807, 2.05) is 30.3 Å². The summed E-state index contributed by atoms with van der Waals surface area (Å²) in [5.41, 5.74) is -0.0311. The number of esters is 1. The van der Waals surface area contributed by atoms with Gasteiger partial charge in [-0.3, -0.25) is 14.4 Å². The molecule has 2 rings (SSSR count). The first-order valence-corrected chi connectivity index (χ1v) is 9.12. The number of ether oxygens (including phenoxy) is 1. The van der Waals surface area contributed by atoms with Crippen molar-refractivity contribution in [2.45, 2.75) is 32.0 Å². The van der Waals surface area contributed by atoms with Crippen molar-refractivity contribution in [3.05, 3.63) is 65.7 Å². The van der Waals surface area contributed by atoms with Crippen LogP contribution in [-0.2, 0) is 25.3 Å². The molecular weight excluding hydrogens is 401 g/mol. The van der Waals surface area contributed by atoms with E-state index in [1.54, 1.807) is 6.92 Å². The van der Waals surface area contributed by atoms with E-state index in [0.29, 0.717) is 0 Å². The minimum atomic E-state index is -4.52. The first-order valence-electron chi connectivity index (χ1n) is 9.12. The van der Waals surface area contributed by atoms with Gasteiger partial charge in [-0.2, -0.15) is 13.2 Å².